The van der Waals surface area contributed by atoms with Crippen LogP contribution in [0.25, 0.3) is 0 Å². The first kappa shape index (κ1) is 18.7. The lowest BCUT2D eigenvalue weighted by Gasteiger charge is -2.27. The number of rotatable bonds is 5. The number of fused-ring (bicyclic) bond motifs is 1. The molecule has 0 aliphatic carbocycles. The zero-order valence-electron chi connectivity index (χ0n) is 16.4. The van der Waals surface area contributed by atoms with Crippen molar-refractivity contribution in [3.63, 3.8) is 0 Å². The standard InChI is InChI=1S/C24H22N2O3/c1-24(25-19-14-12-18(13-15-19)22(27)29-2)20-10-6-7-11-21(20)26(23(24)28)16-17-8-4-3-5-9-17/h3-15,25H,16H2,1-2H3. The number of esters is 1. The van der Waals surface area contributed by atoms with Gasteiger partial charge in [-0.25, -0.2) is 4.79 Å². The van der Waals surface area contributed by atoms with Crippen molar-refractivity contribution in [1.29, 1.82) is 0 Å². The Labute approximate surface area is 169 Å². The van der Waals surface area contributed by atoms with Gasteiger partial charge in [-0.2, -0.15) is 0 Å². The molecule has 5 nitrogen and oxygen atoms in total. The molecular weight excluding hydrogens is 364 g/mol. The molecule has 5 heteroatoms. The molecule has 1 heterocycles. The highest BCUT2D eigenvalue weighted by molar-refractivity contribution is 6.09. The van der Waals surface area contributed by atoms with Crippen LogP contribution in [0.1, 0.15) is 28.4 Å². The summed E-state index contributed by atoms with van der Waals surface area (Å²) < 4.78 is 4.74. The van der Waals surface area contributed by atoms with Crippen LogP contribution in [0.2, 0.25) is 0 Å². The number of anilines is 2. The molecule has 29 heavy (non-hydrogen) atoms. The van der Waals surface area contributed by atoms with E-state index in [0.29, 0.717) is 12.1 Å². The lowest BCUT2D eigenvalue weighted by Crippen LogP contribution is -2.43. The van der Waals surface area contributed by atoms with E-state index in [-0.39, 0.29) is 11.9 Å². The third-order valence-electron chi connectivity index (χ3n) is 5.29. The maximum Gasteiger partial charge on any atom is 0.337 e. The molecule has 0 aromatic heterocycles. The number of carbonyl (C=O) groups is 2. The van der Waals surface area contributed by atoms with Gasteiger partial charge in [0, 0.05) is 11.3 Å². The lowest BCUT2D eigenvalue weighted by molar-refractivity contribution is -0.121. The number of para-hydroxylation sites is 1. The number of nitrogens with zero attached hydrogens (tertiary/aromatic N) is 1. The quantitative estimate of drug-likeness (QED) is 0.663. The van der Waals surface area contributed by atoms with E-state index >= 15 is 0 Å². The van der Waals surface area contributed by atoms with E-state index in [9.17, 15) is 9.59 Å². The molecule has 146 valence electrons. The Hall–Kier alpha value is -3.60. The first-order chi connectivity index (χ1) is 14.0. The topological polar surface area (TPSA) is 58.6 Å². The molecule has 4 rings (SSSR count). The van der Waals surface area contributed by atoms with Crippen LogP contribution < -0.4 is 10.2 Å². The number of ether oxygens (including phenoxy) is 1. The molecule has 1 amide bonds. The first-order valence-corrected chi connectivity index (χ1v) is 9.45. The van der Waals surface area contributed by atoms with Crippen molar-refractivity contribution >= 4 is 23.3 Å². The smallest absolute Gasteiger partial charge is 0.337 e. The largest absolute Gasteiger partial charge is 0.465 e. The van der Waals surface area contributed by atoms with E-state index in [0.717, 1.165) is 22.5 Å². The van der Waals surface area contributed by atoms with Crippen LogP contribution in [-0.4, -0.2) is 19.0 Å². The van der Waals surface area contributed by atoms with Gasteiger partial charge in [-0.15, -0.1) is 0 Å². The molecule has 1 unspecified atom stereocenters. The molecule has 0 spiro atoms. The second kappa shape index (κ2) is 7.43. The third-order valence-corrected chi connectivity index (χ3v) is 5.29. The second-order valence-electron chi connectivity index (χ2n) is 7.21. The number of nitrogens with one attached hydrogen (secondary N) is 1. The van der Waals surface area contributed by atoms with Crippen LogP contribution in [0.3, 0.4) is 0 Å². The summed E-state index contributed by atoms with van der Waals surface area (Å²) in [5.41, 5.74) is 3.22. The Morgan fingerprint density at radius 2 is 1.62 bits per heavy atom. The van der Waals surface area contributed by atoms with Crippen molar-refractivity contribution in [3.8, 4) is 0 Å². The number of benzene rings is 3. The SMILES string of the molecule is COC(=O)c1ccc(NC2(C)C(=O)N(Cc3ccccc3)c3ccccc32)cc1. The van der Waals surface area contributed by atoms with Crippen molar-refractivity contribution < 1.29 is 14.3 Å². The van der Waals surface area contributed by atoms with Crippen molar-refractivity contribution in [2.24, 2.45) is 0 Å². The molecule has 1 aliphatic rings. The van der Waals surface area contributed by atoms with Gasteiger partial charge in [-0.1, -0.05) is 48.5 Å². The van der Waals surface area contributed by atoms with Gasteiger partial charge in [0.1, 0.15) is 5.54 Å². The summed E-state index contributed by atoms with van der Waals surface area (Å²) in [6, 6.07) is 24.7. The summed E-state index contributed by atoms with van der Waals surface area (Å²) in [7, 11) is 1.35. The summed E-state index contributed by atoms with van der Waals surface area (Å²) in [5, 5.41) is 3.38. The summed E-state index contributed by atoms with van der Waals surface area (Å²) in [4.78, 5) is 27.0. The highest BCUT2D eigenvalue weighted by Crippen LogP contribution is 2.42. The molecule has 1 N–H and O–H groups in total. The monoisotopic (exact) mass is 386 g/mol. The fourth-order valence-electron chi connectivity index (χ4n) is 3.77. The van der Waals surface area contributed by atoms with Gasteiger partial charge in [0.05, 0.1) is 24.9 Å². The normalized spacial score (nSPS) is 17.7. The molecule has 0 saturated carbocycles. The van der Waals surface area contributed by atoms with Crippen molar-refractivity contribution in [2.75, 3.05) is 17.3 Å². The molecule has 0 bridgehead atoms. The fraction of sp³-hybridized carbons (Fsp3) is 0.167. The average Bonchev–Trinajstić information content (AvgIpc) is 2.96. The molecule has 3 aromatic rings. The Morgan fingerprint density at radius 3 is 2.31 bits per heavy atom. The summed E-state index contributed by atoms with van der Waals surface area (Å²) >= 11 is 0. The Morgan fingerprint density at radius 1 is 0.966 bits per heavy atom. The molecule has 0 radical (unpaired) electrons. The van der Waals surface area contributed by atoms with E-state index in [2.05, 4.69) is 5.32 Å². The fourth-order valence-corrected chi connectivity index (χ4v) is 3.77. The van der Waals surface area contributed by atoms with Crippen LogP contribution in [-0.2, 0) is 21.6 Å². The van der Waals surface area contributed by atoms with Gasteiger partial charge in [0.15, 0.2) is 0 Å². The van der Waals surface area contributed by atoms with Gasteiger partial charge in [-0.3, -0.25) is 4.79 Å². The first-order valence-electron chi connectivity index (χ1n) is 9.45. The lowest BCUT2D eigenvalue weighted by atomic mass is 9.93. The predicted molar refractivity (Wildman–Crippen MR) is 113 cm³/mol. The Bertz CT molecular complexity index is 1050. The number of hydrogen-bond acceptors (Lipinski definition) is 4. The number of amides is 1. The van der Waals surface area contributed by atoms with E-state index in [4.69, 9.17) is 4.74 Å². The van der Waals surface area contributed by atoms with Crippen LogP contribution in [0.15, 0.2) is 78.9 Å². The summed E-state index contributed by atoms with van der Waals surface area (Å²) in [6.45, 7) is 2.41. The van der Waals surface area contributed by atoms with Gasteiger partial charge in [-0.05, 0) is 42.8 Å². The highest BCUT2D eigenvalue weighted by atomic mass is 16.5. The van der Waals surface area contributed by atoms with Gasteiger partial charge >= 0.3 is 5.97 Å². The molecular formula is C24H22N2O3. The van der Waals surface area contributed by atoms with Gasteiger partial charge in [0.25, 0.3) is 5.91 Å². The predicted octanol–water partition coefficient (Wildman–Crippen LogP) is 4.35. The summed E-state index contributed by atoms with van der Waals surface area (Å²) in [6.07, 6.45) is 0. The van der Waals surface area contributed by atoms with Crippen molar-refractivity contribution in [2.45, 2.75) is 19.0 Å². The van der Waals surface area contributed by atoms with E-state index in [1.165, 1.54) is 7.11 Å². The molecule has 0 fully saturated rings. The maximum absolute atomic E-state index is 13.5. The van der Waals surface area contributed by atoms with E-state index in [1.54, 1.807) is 24.3 Å². The van der Waals surface area contributed by atoms with Crippen molar-refractivity contribution in [1.82, 2.24) is 0 Å². The number of carbonyl (C=O) groups excluding carboxylic acids is 2. The van der Waals surface area contributed by atoms with E-state index in [1.807, 2.05) is 66.4 Å². The zero-order valence-corrected chi connectivity index (χ0v) is 16.4. The van der Waals surface area contributed by atoms with Crippen molar-refractivity contribution in [3.05, 3.63) is 95.6 Å². The third kappa shape index (κ3) is 3.36. The zero-order chi connectivity index (χ0) is 20.4. The van der Waals surface area contributed by atoms with Gasteiger partial charge < -0.3 is 15.0 Å². The minimum Gasteiger partial charge on any atom is -0.465 e. The second-order valence-corrected chi connectivity index (χ2v) is 7.21. The minimum atomic E-state index is -0.905. The Kier molecular flexibility index (Phi) is 4.80. The molecule has 3 aromatic carbocycles. The molecule has 1 atom stereocenters. The summed E-state index contributed by atoms with van der Waals surface area (Å²) in [5.74, 6) is -0.404. The van der Waals surface area contributed by atoms with E-state index < -0.39 is 5.54 Å². The van der Waals surface area contributed by atoms with Crippen LogP contribution >= 0.6 is 0 Å². The minimum absolute atomic E-state index is 0.0143. The average molecular weight is 386 g/mol. The maximum atomic E-state index is 13.5. The van der Waals surface area contributed by atoms with Crippen LogP contribution in [0.5, 0.6) is 0 Å². The number of hydrogen-bond donors (Lipinski definition) is 1. The van der Waals surface area contributed by atoms with Crippen LogP contribution in [0, 0.1) is 0 Å². The number of methoxy groups -OCH3 is 1. The molecule has 1 aliphatic heterocycles. The van der Waals surface area contributed by atoms with Crippen LogP contribution in [0.4, 0.5) is 11.4 Å². The van der Waals surface area contributed by atoms with Gasteiger partial charge in [0.2, 0.25) is 0 Å². The highest BCUT2D eigenvalue weighted by Gasteiger charge is 2.47. The molecule has 0 saturated heterocycles. The Balaban J connectivity index is 1.66.